The Morgan fingerprint density at radius 1 is 1.00 bits per heavy atom. The van der Waals surface area contributed by atoms with E-state index >= 15 is 0 Å². The molecule has 0 unspecified atom stereocenters. The summed E-state index contributed by atoms with van der Waals surface area (Å²) in [5.41, 5.74) is 0. The van der Waals surface area contributed by atoms with Crippen molar-refractivity contribution in [1.82, 2.24) is 0 Å². The molecule has 0 aliphatic carbocycles. The van der Waals surface area contributed by atoms with Gasteiger partial charge in [0.15, 0.2) is 0 Å². The molecule has 0 fully saturated rings. The Labute approximate surface area is 75.9 Å². The molecular weight excluding hydrogens is 385 g/mol. The van der Waals surface area contributed by atoms with Gasteiger partial charge in [-0.3, -0.25) is 0 Å². The fraction of sp³-hybridized carbons (Fsp3) is 0. The summed E-state index contributed by atoms with van der Waals surface area (Å²) >= 11 is -1.86. The Morgan fingerprint density at radius 3 is 1.00 bits per heavy atom. The predicted molar refractivity (Wildman–Crippen MR) is 29.3 cm³/mol. The van der Waals surface area contributed by atoms with Gasteiger partial charge >= 0.3 is 77.0 Å². The van der Waals surface area contributed by atoms with E-state index in [-0.39, 0.29) is 15.9 Å². The van der Waals surface area contributed by atoms with Crippen LogP contribution >= 0.6 is 48.1 Å². The number of hydrogen-bond donors (Lipinski definition) is 0. The van der Waals surface area contributed by atoms with Crippen molar-refractivity contribution in [3.8, 4) is 0 Å². The Hall–Kier alpha value is 2.74. The molecule has 7 heteroatoms. The second-order valence-electron chi connectivity index (χ2n) is 0.197. The summed E-state index contributed by atoms with van der Waals surface area (Å²) in [6.45, 7) is 0. The predicted octanol–water partition coefficient (Wildman–Crippen LogP) is 3.44. The van der Waals surface area contributed by atoms with Crippen LogP contribution in [0.25, 0.3) is 0 Å². The molecule has 0 amide bonds. The fourth-order valence-corrected chi connectivity index (χ4v) is 0. The van der Waals surface area contributed by atoms with Crippen molar-refractivity contribution in [3.63, 3.8) is 0 Å². The quantitative estimate of drug-likeness (QED) is 0.561. The van der Waals surface area contributed by atoms with Crippen molar-refractivity contribution in [2.75, 3.05) is 0 Å². The number of rotatable bonds is 0. The molecule has 0 saturated carbocycles. The molecule has 0 saturated heterocycles. The summed E-state index contributed by atoms with van der Waals surface area (Å²) in [5.74, 6) is 0. The third-order valence-corrected chi connectivity index (χ3v) is 0. The molecule has 0 atom stereocenters. The zero-order chi connectivity index (χ0) is 6.28. The topological polar surface area (TPSA) is 0 Å². The van der Waals surface area contributed by atoms with Crippen LogP contribution in [0.2, 0.25) is 0 Å². The molecule has 0 radical (unpaired) electrons. The number of halogens is 5. The zero-order valence-electron chi connectivity index (χ0n) is 2.56. The monoisotopic (exact) mass is 383 g/mol. The van der Waals surface area contributed by atoms with Crippen molar-refractivity contribution in [2.24, 2.45) is 0 Å². The van der Waals surface area contributed by atoms with E-state index in [1.54, 1.807) is 0 Å². The first kappa shape index (κ1) is 12.4. The average Bonchev–Trinajstić information content (AvgIpc) is 1.33. The first-order valence-electron chi connectivity index (χ1n) is 0.640. The van der Waals surface area contributed by atoms with Crippen LogP contribution in [-0.4, -0.2) is 0 Å². The molecule has 0 nitrogen and oxygen atoms in total. The Morgan fingerprint density at radius 2 is 1.00 bits per heavy atom. The molecule has 0 aliphatic heterocycles. The zero-order valence-corrected chi connectivity index (χ0v) is 9.63. The van der Waals surface area contributed by atoms with E-state index < -0.39 is 13.0 Å². The second-order valence-corrected chi connectivity index (χ2v) is 10.5. The Kier molecular flexibility index (Phi) is 20.4. The molecule has 53 valence electrons. The van der Waals surface area contributed by atoms with Crippen LogP contribution in [0.3, 0.4) is 0 Å². The van der Waals surface area contributed by atoms with Crippen molar-refractivity contribution < 1.29 is 28.9 Å². The molecule has 0 N–H and O–H groups in total. The molecule has 7 heavy (non-hydrogen) atoms. The van der Waals surface area contributed by atoms with Gasteiger partial charge in [0.25, 0.3) is 0 Å². The van der Waals surface area contributed by atoms with E-state index in [4.69, 9.17) is 48.1 Å². The third-order valence-electron chi connectivity index (χ3n) is 0. The van der Waals surface area contributed by atoms with Gasteiger partial charge < -0.3 is 0 Å². The summed E-state index contributed by atoms with van der Waals surface area (Å²) in [7, 11) is 24.5. The van der Waals surface area contributed by atoms with Gasteiger partial charge in [0, 0.05) is 0 Å². The summed E-state index contributed by atoms with van der Waals surface area (Å²) in [4.78, 5) is 0. The van der Waals surface area contributed by atoms with Gasteiger partial charge in [-0.05, 0) is 0 Å². The van der Waals surface area contributed by atoms with E-state index in [0.717, 1.165) is 0 Å². The average molecular weight is 385 g/mol. The first-order chi connectivity index (χ1) is 3.15. The van der Waals surface area contributed by atoms with Crippen LogP contribution in [0, 0.1) is 0 Å². The van der Waals surface area contributed by atoms with Gasteiger partial charge in [0.1, 0.15) is 0 Å². The minimum absolute atomic E-state index is 0.106. The molecular formula is Cl5PdRu. The maximum atomic E-state index is 4.95. The maximum absolute atomic E-state index is 4.95. The van der Waals surface area contributed by atoms with Crippen molar-refractivity contribution >= 4 is 48.1 Å². The van der Waals surface area contributed by atoms with Crippen LogP contribution in [0.5, 0.6) is 0 Å². The molecule has 0 aromatic heterocycles. The summed E-state index contributed by atoms with van der Waals surface area (Å²) in [5, 5.41) is 0. The molecule has 0 aliphatic rings. The first-order valence-corrected chi connectivity index (χ1v) is 11.4. The molecule has 0 heterocycles. The van der Waals surface area contributed by atoms with E-state index in [0.29, 0.717) is 0 Å². The van der Waals surface area contributed by atoms with E-state index in [2.05, 4.69) is 0 Å². The van der Waals surface area contributed by atoms with E-state index in [1.165, 1.54) is 0 Å². The van der Waals surface area contributed by atoms with Crippen LogP contribution in [0.15, 0.2) is 0 Å². The van der Waals surface area contributed by atoms with Crippen molar-refractivity contribution in [1.29, 1.82) is 0 Å². The Balaban J connectivity index is 0. The standard InChI is InChI=1S/5ClH.Pd.Ru/h5*1H;;/q;;;;;+2;+3/p-5. The van der Waals surface area contributed by atoms with Gasteiger partial charge in [-0.1, -0.05) is 0 Å². The van der Waals surface area contributed by atoms with E-state index in [9.17, 15) is 0 Å². The molecule has 0 spiro atoms. The van der Waals surface area contributed by atoms with Gasteiger partial charge in [0.05, 0.1) is 0 Å². The van der Waals surface area contributed by atoms with Gasteiger partial charge in [0.2, 0.25) is 0 Å². The molecule has 0 aromatic rings. The second kappa shape index (κ2) is 11.5. The molecule has 0 rings (SSSR count). The minimum atomic E-state index is -1.75. The van der Waals surface area contributed by atoms with Crippen LogP contribution < -0.4 is 0 Å². The van der Waals surface area contributed by atoms with Gasteiger partial charge in [-0.2, -0.15) is 0 Å². The summed E-state index contributed by atoms with van der Waals surface area (Å²) in [6.07, 6.45) is 0. The Bertz CT molecular complexity index is 19.3. The van der Waals surface area contributed by atoms with E-state index in [1.807, 2.05) is 0 Å². The summed E-state index contributed by atoms with van der Waals surface area (Å²) < 4.78 is 0. The normalized spacial score (nSPS) is 9.57. The molecule has 0 aromatic carbocycles. The number of hydrogen-bond acceptors (Lipinski definition) is 0. The van der Waals surface area contributed by atoms with Gasteiger partial charge in [-0.15, -0.1) is 0 Å². The van der Waals surface area contributed by atoms with Crippen LogP contribution in [-0.2, 0) is 28.9 Å². The SMILES string of the molecule is [Cl][Pd][Cl].[Cl][Ru]([Cl])[Cl]. The van der Waals surface area contributed by atoms with Crippen molar-refractivity contribution in [3.05, 3.63) is 0 Å². The fourth-order valence-electron chi connectivity index (χ4n) is 0. The summed E-state index contributed by atoms with van der Waals surface area (Å²) in [6, 6.07) is 0. The van der Waals surface area contributed by atoms with Crippen LogP contribution in [0.4, 0.5) is 0 Å². The van der Waals surface area contributed by atoms with Crippen molar-refractivity contribution in [2.45, 2.75) is 0 Å². The van der Waals surface area contributed by atoms with Crippen LogP contribution in [0.1, 0.15) is 0 Å². The third kappa shape index (κ3) is 53.0. The molecule has 0 bridgehead atoms. The van der Waals surface area contributed by atoms with Gasteiger partial charge in [-0.25, -0.2) is 0 Å².